The molecule has 5 nitrogen and oxygen atoms in total. The van der Waals surface area contributed by atoms with E-state index < -0.39 is 0 Å². The van der Waals surface area contributed by atoms with E-state index in [2.05, 4.69) is 10.3 Å². The minimum Gasteiger partial charge on any atom is -0.507 e. The van der Waals surface area contributed by atoms with Gasteiger partial charge in [-0.3, -0.25) is 4.79 Å². The fourth-order valence-electron chi connectivity index (χ4n) is 2.21. The molecule has 106 valence electrons. The van der Waals surface area contributed by atoms with Gasteiger partial charge in [0.1, 0.15) is 10.6 Å². The molecule has 0 unspecified atom stereocenters. The normalized spacial score (nSPS) is 10.7. The molecular weight excluding hydrogens is 286 g/mol. The zero-order valence-corrected chi connectivity index (χ0v) is 12.1. The van der Waals surface area contributed by atoms with E-state index in [9.17, 15) is 9.90 Å². The summed E-state index contributed by atoms with van der Waals surface area (Å²) in [5.74, 6) is -0.0700. The quantitative estimate of drug-likeness (QED) is 0.678. The van der Waals surface area contributed by atoms with E-state index in [0.717, 1.165) is 16.7 Å². The van der Waals surface area contributed by atoms with Crippen molar-refractivity contribution in [2.75, 3.05) is 11.1 Å². The van der Waals surface area contributed by atoms with Gasteiger partial charge in [-0.1, -0.05) is 35.6 Å². The van der Waals surface area contributed by atoms with E-state index in [1.165, 1.54) is 0 Å². The van der Waals surface area contributed by atoms with Crippen molar-refractivity contribution in [2.45, 2.75) is 6.92 Å². The Morgan fingerprint density at radius 1 is 1.24 bits per heavy atom. The lowest BCUT2D eigenvalue weighted by atomic mass is 10.1. The Kier molecular flexibility index (Phi) is 3.23. The molecule has 0 spiro atoms. The van der Waals surface area contributed by atoms with Gasteiger partial charge in [-0.2, -0.15) is 0 Å². The first kappa shape index (κ1) is 13.4. The number of nitrogens with two attached hydrogens (primary N) is 1. The highest BCUT2D eigenvalue weighted by Gasteiger charge is 2.15. The van der Waals surface area contributed by atoms with Crippen molar-refractivity contribution in [3.8, 4) is 5.75 Å². The Labute approximate surface area is 125 Å². The topological polar surface area (TPSA) is 88.2 Å². The molecule has 1 amide bonds. The molecule has 0 saturated heterocycles. The number of carbonyl (C=O) groups is 1. The van der Waals surface area contributed by atoms with Gasteiger partial charge in [0.25, 0.3) is 5.91 Å². The molecule has 3 aromatic rings. The molecule has 0 aliphatic heterocycles. The molecule has 0 aliphatic rings. The molecule has 0 saturated carbocycles. The lowest BCUT2D eigenvalue weighted by Crippen LogP contribution is -2.11. The van der Waals surface area contributed by atoms with Gasteiger partial charge >= 0.3 is 0 Å². The molecular formula is C15H13N3O2S. The Balaban J connectivity index is 2.01. The van der Waals surface area contributed by atoms with Gasteiger partial charge in [0.05, 0.1) is 5.69 Å². The van der Waals surface area contributed by atoms with Crippen LogP contribution in [-0.4, -0.2) is 16.0 Å². The number of nitrogens with zero attached hydrogens (tertiary/aromatic N) is 1. The van der Waals surface area contributed by atoms with Gasteiger partial charge in [-0.25, -0.2) is 4.98 Å². The van der Waals surface area contributed by atoms with E-state index >= 15 is 0 Å². The fraction of sp³-hybridized carbons (Fsp3) is 0.0667. The fourth-order valence-corrected chi connectivity index (χ4v) is 2.94. The predicted molar refractivity (Wildman–Crippen MR) is 84.8 cm³/mol. The van der Waals surface area contributed by atoms with Crippen molar-refractivity contribution in [1.82, 2.24) is 4.98 Å². The summed E-state index contributed by atoms with van der Waals surface area (Å²) < 4.78 is 0. The lowest BCUT2D eigenvalue weighted by molar-refractivity contribution is 0.103. The van der Waals surface area contributed by atoms with Crippen molar-refractivity contribution in [1.29, 1.82) is 0 Å². The monoisotopic (exact) mass is 299 g/mol. The van der Waals surface area contributed by atoms with Crippen LogP contribution in [0, 0.1) is 6.92 Å². The number of nitrogen functional groups attached to an aromatic ring is 1. The summed E-state index contributed by atoms with van der Waals surface area (Å²) in [6, 6.07) is 10.6. The number of anilines is 2. The van der Waals surface area contributed by atoms with Crippen LogP contribution in [0.3, 0.4) is 0 Å². The number of phenols is 1. The number of aromatic hydroxyl groups is 1. The maximum atomic E-state index is 12.3. The van der Waals surface area contributed by atoms with Gasteiger partial charge in [0, 0.05) is 16.5 Å². The largest absolute Gasteiger partial charge is 0.507 e. The number of nitrogens with one attached hydrogen (secondary N) is 1. The van der Waals surface area contributed by atoms with Crippen molar-refractivity contribution in [3.63, 3.8) is 0 Å². The zero-order chi connectivity index (χ0) is 15.0. The molecule has 2 aromatic carbocycles. The van der Waals surface area contributed by atoms with E-state index in [0.29, 0.717) is 26.8 Å². The lowest BCUT2D eigenvalue weighted by Gasteiger charge is -2.09. The van der Waals surface area contributed by atoms with Crippen LogP contribution >= 0.6 is 11.3 Å². The maximum absolute atomic E-state index is 12.3. The predicted octanol–water partition coefficient (Wildman–Crippen LogP) is 3.14. The summed E-state index contributed by atoms with van der Waals surface area (Å²) in [6.45, 7) is 1.75. The van der Waals surface area contributed by atoms with Crippen LogP contribution in [-0.2, 0) is 0 Å². The number of benzene rings is 2. The molecule has 21 heavy (non-hydrogen) atoms. The second kappa shape index (κ2) is 5.06. The number of amides is 1. The van der Waals surface area contributed by atoms with Crippen LogP contribution < -0.4 is 11.1 Å². The number of thiazole rings is 1. The van der Waals surface area contributed by atoms with Gasteiger partial charge in [-0.15, -0.1) is 0 Å². The molecule has 1 aromatic heterocycles. The minimum atomic E-state index is -0.252. The number of aromatic nitrogens is 1. The number of aryl methyl sites for hydroxylation is 1. The first-order valence-electron chi connectivity index (χ1n) is 6.31. The number of rotatable bonds is 2. The molecule has 1 heterocycles. The average molecular weight is 299 g/mol. The van der Waals surface area contributed by atoms with Gasteiger partial charge in [-0.05, 0) is 19.1 Å². The molecule has 0 bridgehead atoms. The number of fused-ring (bicyclic) bond motifs is 1. The maximum Gasteiger partial charge on any atom is 0.267 e. The van der Waals surface area contributed by atoms with Gasteiger partial charge in [0.2, 0.25) is 0 Å². The summed E-state index contributed by atoms with van der Waals surface area (Å²) in [7, 11) is 0. The van der Waals surface area contributed by atoms with Crippen LogP contribution in [0.4, 0.5) is 10.8 Å². The van der Waals surface area contributed by atoms with Crippen LogP contribution in [0.5, 0.6) is 5.75 Å². The number of hydrogen-bond acceptors (Lipinski definition) is 5. The highest BCUT2D eigenvalue weighted by atomic mass is 32.1. The van der Waals surface area contributed by atoms with Crippen LogP contribution in [0.15, 0.2) is 36.4 Å². The van der Waals surface area contributed by atoms with E-state index in [-0.39, 0.29) is 11.7 Å². The van der Waals surface area contributed by atoms with Crippen molar-refractivity contribution in [3.05, 3.63) is 47.0 Å². The van der Waals surface area contributed by atoms with E-state index in [4.69, 9.17) is 5.73 Å². The highest BCUT2D eigenvalue weighted by Crippen LogP contribution is 2.30. The van der Waals surface area contributed by atoms with Crippen LogP contribution in [0.25, 0.3) is 10.8 Å². The van der Waals surface area contributed by atoms with Crippen molar-refractivity contribution < 1.29 is 9.90 Å². The van der Waals surface area contributed by atoms with Crippen molar-refractivity contribution >= 4 is 38.8 Å². The summed E-state index contributed by atoms with van der Waals surface area (Å²) >= 11 is 1.16. The Morgan fingerprint density at radius 2 is 1.95 bits per heavy atom. The summed E-state index contributed by atoms with van der Waals surface area (Å²) in [5, 5.41) is 14.5. The summed E-state index contributed by atoms with van der Waals surface area (Å²) in [6.07, 6.45) is 0. The summed E-state index contributed by atoms with van der Waals surface area (Å²) in [4.78, 5) is 16.9. The molecule has 0 aliphatic carbocycles. The average Bonchev–Trinajstić information content (AvgIpc) is 2.79. The van der Waals surface area contributed by atoms with Crippen LogP contribution in [0.2, 0.25) is 0 Å². The third-order valence-corrected chi connectivity index (χ3v) is 4.15. The smallest absolute Gasteiger partial charge is 0.267 e. The first-order valence-corrected chi connectivity index (χ1v) is 7.13. The summed E-state index contributed by atoms with van der Waals surface area (Å²) in [5.41, 5.74) is 6.86. The standard InChI is InChI=1S/C15H13N3O2S/c1-8-13(21-15(16)17-8)14(20)18-11-6-2-5-10-9(11)4-3-7-12(10)19/h2-7,19H,1H3,(H2,16,17)(H,18,20). The third-order valence-electron chi connectivity index (χ3n) is 3.17. The zero-order valence-electron chi connectivity index (χ0n) is 11.3. The third kappa shape index (κ3) is 2.41. The molecule has 6 heteroatoms. The molecule has 4 N–H and O–H groups in total. The number of phenolic OH excluding ortho intramolecular Hbond substituents is 1. The SMILES string of the molecule is Cc1nc(N)sc1C(=O)Nc1cccc2c(O)cccc12. The molecule has 0 radical (unpaired) electrons. The van der Waals surface area contributed by atoms with E-state index in [1.807, 2.05) is 6.07 Å². The highest BCUT2D eigenvalue weighted by molar-refractivity contribution is 7.17. The second-order valence-corrected chi connectivity index (χ2v) is 5.63. The Hall–Kier alpha value is -2.60. The Bertz CT molecular complexity index is 842. The number of carbonyl (C=O) groups excluding carboxylic acids is 1. The Morgan fingerprint density at radius 3 is 2.67 bits per heavy atom. The number of hydrogen-bond donors (Lipinski definition) is 3. The van der Waals surface area contributed by atoms with Gasteiger partial charge in [0.15, 0.2) is 5.13 Å². The first-order chi connectivity index (χ1) is 10.1. The van der Waals surface area contributed by atoms with Crippen molar-refractivity contribution in [2.24, 2.45) is 0 Å². The van der Waals surface area contributed by atoms with E-state index in [1.54, 1.807) is 37.3 Å². The molecule has 0 atom stereocenters. The second-order valence-electron chi connectivity index (χ2n) is 4.60. The van der Waals surface area contributed by atoms with Gasteiger partial charge < -0.3 is 16.2 Å². The minimum absolute atomic E-state index is 0.182. The molecule has 3 rings (SSSR count). The van der Waals surface area contributed by atoms with Crippen LogP contribution in [0.1, 0.15) is 15.4 Å². The molecule has 0 fully saturated rings.